The molecule has 108 valence electrons. The van der Waals surface area contributed by atoms with Crippen molar-refractivity contribution in [3.63, 3.8) is 0 Å². The Bertz CT molecular complexity index is 727. The van der Waals surface area contributed by atoms with Crippen molar-refractivity contribution < 1.29 is 8.42 Å². The number of nitrogen functional groups attached to an aromatic ring is 1. The zero-order valence-corrected chi connectivity index (χ0v) is 12.7. The van der Waals surface area contributed by atoms with Gasteiger partial charge in [-0.2, -0.15) is 9.40 Å². The van der Waals surface area contributed by atoms with E-state index in [-0.39, 0.29) is 16.5 Å². The third-order valence-corrected chi connectivity index (χ3v) is 5.09. The maximum atomic E-state index is 12.5. The van der Waals surface area contributed by atoms with E-state index in [0.29, 0.717) is 5.69 Å². The molecule has 0 amide bonds. The van der Waals surface area contributed by atoms with Gasteiger partial charge >= 0.3 is 0 Å². The second-order valence-electron chi connectivity index (χ2n) is 4.47. The lowest BCUT2D eigenvalue weighted by Crippen LogP contribution is -2.26. The van der Waals surface area contributed by atoms with Gasteiger partial charge in [0.2, 0.25) is 10.0 Å². The van der Waals surface area contributed by atoms with Crippen LogP contribution in [0.15, 0.2) is 35.5 Å². The van der Waals surface area contributed by atoms with E-state index in [1.54, 1.807) is 30.2 Å². The summed E-state index contributed by atoms with van der Waals surface area (Å²) in [7, 11) is -0.438. The molecule has 0 spiro atoms. The van der Waals surface area contributed by atoms with Crippen LogP contribution in [0.25, 0.3) is 0 Å². The molecule has 2 aromatic rings. The molecule has 0 aliphatic rings. The van der Waals surface area contributed by atoms with Gasteiger partial charge in [0.25, 0.3) is 0 Å². The summed E-state index contributed by atoms with van der Waals surface area (Å²) in [5, 5.41) is 4.16. The fourth-order valence-electron chi connectivity index (χ4n) is 1.78. The third-order valence-electron chi connectivity index (χ3n) is 2.81. The Balaban J connectivity index is 2.32. The van der Waals surface area contributed by atoms with Crippen LogP contribution in [0.2, 0.25) is 5.02 Å². The van der Waals surface area contributed by atoms with E-state index in [9.17, 15) is 8.42 Å². The number of hydrogen-bond donors (Lipinski definition) is 1. The first-order valence-electron chi connectivity index (χ1n) is 5.79. The molecule has 8 heteroatoms. The van der Waals surface area contributed by atoms with Crippen molar-refractivity contribution in [2.24, 2.45) is 7.05 Å². The van der Waals surface area contributed by atoms with Gasteiger partial charge in [0.1, 0.15) is 4.90 Å². The highest BCUT2D eigenvalue weighted by Crippen LogP contribution is 2.26. The smallest absolute Gasteiger partial charge is 0.244 e. The van der Waals surface area contributed by atoms with E-state index >= 15 is 0 Å². The van der Waals surface area contributed by atoms with Gasteiger partial charge in [-0.05, 0) is 18.2 Å². The Morgan fingerprint density at radius 2 is 2.15 bits per heavy atom. The first-order chi connectivity index (χ1) is 9.30. The lowest BCUT2D eigenvalue weighted by molar-refractivity contribution is 0.466. The molecular formula is C12H15ClN4O2S. The molecule has 0 unspecified atom stereocenters. The molecule has 0 fully saturated rings. The number of nitrogens with zero attached hydrogens (tertiary/aromatic N) is 3. The summed E-state index contributed by atoms with van der Waals surface area (Å²) in [5.74, 6) is 0. The van der Waals surface area contributed by atoms with Crippen molar-refractivity contribution in [2.75, 3.05) is 12.8 Å². The topological polar surface area (TPSA) is 81.2 Å². The van der Waals surface area contributed by atoms with Gasteiger partial charge in [0.15, 0.2) is 0 Å². The fraction of sp³-hybridized carbons (Fsp3) is 0.250. The molecule has 0 saturated carbocycles. The van der Waals surface area contributed by atoms with Gasteiger partial charge < -0.3 is 5.73 Å². The van der Waals surface area contributed by atoms with E-state index in [0.717, 1.165) is 5.56 Å². The Hall–Kier alpha value is -1.57. The minimum atomic E-state index is -3.70. The number of sulfonamides is 1. The lowest BCUT2D eigenvalue weighted by atomic mass is 10.3. The number of anilines is 1. The second kappa shape index (κ2) is 5.43. The highest BCUT2D eigenvalue weighted by atomic mass is 35.5. The number of aromatic nitrogens is 2. The molecule has 1 heterocycles. The molecule has 0 aliphatic heterocycles. The standard InChI is InChI=1S/C12H15ClN4O2S/c1-16-7-9(6-15-16)8-17(2)20(18,19)12-5-10(14)3-4-11(12)13/h3-7H,8,14H2,1-2H3. The Labute approximate surface area is 122 Å². The number of hydrogen-bond acceptors (Lipinski definition) is 4. The average Bonchev–Trinajstić information content (AvgIpc) is 2.77. The summed E-state index contributed by atoms with van der Waals surface area (Å²) in [4.78, 5) is 0.00515. The van der Waals surface area contributed by atoms with Crippen LogP contribution in [0.5, 0.6) is 0 Å². The van der Waals surface area contributed by atoms with Gasteiger partial charge in [-0.25, -0.2) is 8.42 Å². The molecule has 0 saturated heterocycles. The summed E-state index contributed by atoms with van der Waals surface area (Å²) in [5.41, 5.74) is 6.77. The summed E-state index contributed by atoms with van der Waals surface area (Å²) < 4.78 is 27.8. The quantitative estimate of drug-likeness (QED) is 0.867. The molecule has 0 bridgehead atoms. The van der Waals surface area contributed by atoms with Gasteiger partial charge in [0.05, 0.1) is 11.2 Å². The van der Waals surface area contributed by atoms with E-state index in [2.05, 4.69) is 5.10 Å². The molecule has 1 aromatic carbocycles. The van der Waals surface area contributed by atoms with E-state index in [1.165, 1.54) is 23.5 Å². The molecule has 0 aliphatic carbocycles. The molecule has 0 radical (unpaired) electrons. The van der Waals surface area contributed by atoms with Gasteiger partial charge in [0, 0.05) is 38.1 Å². The molecule has 1 aromatic heterocycles. The number of rotatable bonds is 4. The highest BCUT2D eigenvalue weighted by molar-refractivity contribution is 7.89. The fourth-order valence-corrected chi connectivity index (χ4v) is 3.45. The summed E-state index contributed by atoms with van der Waals surface area (Å²) in [6.45, 7) is 0.210. The summed E-state index contributed by atoms with van der Waals surface area (Å²) >= 11 is 5.95. The second-order valence-corrected chi connectivity index (χ2v) is 6.89. The zero-order chi connectivity index (χ0) is 14.9. The zero-order valence-electron chi connectivity index (χ0n) is 11.1. The maximum Gasteiger partial charge on any atom is 0.244 e. The Kier molecular flexibility index (Phi) is 4.03. The Morgan fingerprint density at radius 3 is 2.75 bits per heavy atom. The van der Waals surface area contributed by atoms with Crippen LogP contribution < -0.4 is 5.73 Å². The molecular weight excluding hydrogens is 300 g/mol. The number of nitrogens with two attached hydrogens (primary N) is 1. The van der Waals surface area contributed by atoms with Crippen molar-refractivity contribution in [2.45, 2.75) is 11.4 Å². The van der Waals surface area contributed by atoms with Crippen LogP contribution in [0, 0.1) is 0 Å². The SMILES string of the molecule is CN(Cc1cnn(C)c1)S(=O)(=O)c1cc(N)ccc1Cl. The van der Waals surface area contributed by atoms with Crippen molar-refractivity contribution in [3.8, 4) is 0 Å². The van der Waals surface area contributed by atoms with E-state index < -0.39 is 10.0 Å². The highest BCUT2D eigenvalue weighted by Gasteiger charge is 2.24. The minimum Gasteiger partial charge on any atom is -0.399 e. The van der Waals surface area contributed by atoms with Crippen LogP contribution in [0.4, 0.5) is 5.69 Å². The predicted octanol–water partition coefficient (Wildman–Crippen LogP) is 1.48. The predicted molar refractivity (Wildman–Crippen MR) is 77.7 cm³/mol. The van der Waals surface area contributed by atoms with Crippen LogP contribution in [-0.4, -0.2) is 29.6 Å². The van der Waals surface area contributed by atoms with Crippen molar-refractivity contribution in [1.82, 2.24) is 14.1 Å². The van der Waals surface area contributed by atoms with Crippen LogP contribution in [0.1, 0.15) is 5.56 Å². The molecule has 2 N–H and O–H groups in total. The maximum absolute atomic E-state index is 12.5. The van der Waals surface area contributed by atoms with Crippen LogP contribution >= 0.6 is 11.6 Å². The third kappa shape index (κ3) is 2.95. The largest absolute Gasteiger partial charge is 0.399 e. The van der Waals surface area contributed by atoms with Crippen molar-refractivity contribution >= 4 is 27.3 Å². The van der Waals surface area contributed by atoms with E-state index in [1.807, 2.05) is 0 Å². The number of halogens is 1. The van der Waals surface area contributed by atoms with Crippen LogP contribution in [0.3, 0.4) is 0 Å². The number of benzene rings is 1. The molecule has 20 heavy (non-hydrogen) atoms. The lowest BCUT2D eigenvalue weighted by Gasteiger charge is -2.17. The summed E-state index contributed by atoms with van der Waals surface area (Å²) in [6, 6.07) is 4.39. The van der Waals surface area contributed by atoms with E-state index in [4.69, 9.17) is 17.3 Å². The monoisotopic (exact) mass is 314 g/mol. The average molecular weight is 315 g/mol. The van der Waals surface area contributed by atoms with Crippen molar-refractivity contribution in [3.05, 3.63) is 41.2 Å². The van der Waals surface area contributed by atoms with Gasteiger partial charge in [-0.3, -0.25) is 4.68 Å². The molecule has 0 atom stereocenters. The molecule has 2 rings (SSSR count). The van der Waals surface area contributed by atoms with Crippen LogP contribution in [-0.2, 0) is 23.6 Å². The summed E-state index contributed by atoms with van der Waals surface area (Å²) in [6.07, 6.45) is 3.37. The minimum absolute atomic E-state index is 0.00515. The molecule has 6 nitrogen and oxygen atoms in total. The Morgan fingerprint density at radius 1 is 1.45 bits per heavy atom. The van der Waals surface area contributed by atoms with Crippen molar-refractivity contribution in [1.29, 1.82) is 0 Å². The first kappa shape index (κ1) is 14.8. The normalized spacial score (nSPS) is 12.0. The van der Waals surface area contributed by atoms with Gasteiger partial charge in [-0.1, -0.05) is 11.6 Å². The van der Waals surface area contributed by atoms with Gasteiger partial charge in [-0.15, -0.1) is 0 Å². The first-order valence-corrected chi connectivity index (χ1v) is 7.61. The number of aryl methyl sites for hydroxylation is 1.